The van der Waals surface area contributed by atoms with Crippen molar-refractivity contribution in [3.63, 3.8) is 0 Å². The smallest absolute Gasteiger partial charge is 0.293 e. The zero-order chi connectivity index (χ0) is 17.1. The van der Waals surface area contributed by atoms with Gasteiger partial charge in [-0.3, -0.25) is 14.9 Å². The highest BCUT2D eigenvalue weighted by Gasteiger charge is 2.31. The van der Waals surface area contributed by atoms with Crippen molar-refractivity contribution in [3.05, 3.63) is 50.5 Å². The summed E-state index contributed by atoms with van der Waals surface area (Å²) in [4.78, 5) is 29.3. The van der Waals surface area contributed by atoms with Crippen LogP contribution in [0.25, 0.3) is 0 Å². The number of thiazole rings is 1. The van der Waals surface area contributed by atoms with E-state index in [0.29, 0.717) is 5.69 Å². The Balaban J connectivity index is 2.03. The molecule has 0 aliphatic carbocycles. The summed E-state index contributed by atoms with van der Waals surface area (Å²) in [5.74, 6) is -0.334. The molecule has 1 aliphatic rings. The number of nitro benzene ring substituents is 1. The third-order valence-electron chi connectivity index (χ3n) is 4.21. The zero-order valence-corrected chi connectivity index (χ0v) is 14.1. The van der Waals surface area contributed by atoms with Crippen molar-refractivity contribution in [2.45, 2.75) is 25.3 Å². The number of piperidine rings is 1. The maximum absolute atomic E-state index is 11.8. The van der Waals surface area contributed by atoms with Gasteiger partial charge in [0.2, 0.25) is 0 Å². The lowest BCUT2D eigenvalue weighted by molar-refractivity contribution is -0.384. The first-order chi connectivity index (χ1) is 11.6. The second kappa shape index (κ2) is 6.96. The van der Waals surface area contributed by atoms with Gasteiger partial charge in [-0.05, 0) is 31.4 Å². The monoisotopic (exact) mass is 346 g/mol. The van der Waals surface area contributed by atoms with Crippen molar-refractivity contribution in [3.8, 4) is 0 Å². The molecule has 2 heterocycles. The maximum Gasteiger partial charge on any atom is 0.293 e. The highest BCUT2D eigenvalue weighted by molar-refractivity contribution is 7.09. The quantitative estimate of drug-likeness (QED) is 0.679. The summed E-state index contributed by atoms with van der Waals surface area (Å²) >= 11 is 1.57. The van der Waals surface area contributed by atoms with E-state index in [0.717, 1.165) is 30.8 Å². The number of hydrogen-bond acceptors (Lipinski definition) is 6. The van der Waals surface area contributed by atoms with Crippen molar-refractivity contribution < 1.29 is 9.72 Å². The number of nitrogens with one attached hydrogen (secondary N) is 1. The number of benzene rings is 1. The van der Waals surface area contributed by atoms with E-state index in [4.69, 9.17) is 0 Å². The van der Waals surface area contributed by atoms with E-state index in [9.17, 15) is 14.9 Å². The van der Waals surface area contributed by atoms with Crippen molar-refractivity contribution >= 4 is 28.6 Å². The van der Waals surface area contributed by atoms with Crippen LogP contribution in [-0.2, 0) is 0 Å². The molecule has 0 saturated carbocycles. The molecule has 8 heteroatoms. The van der Waals surface area contributed by atoms with Crippen LogP contribution >= 0.6 is 11.3 Å². The summed E-state index contributed by atoms with van der Waals surface area (Å²) in [6, 6.07) is 4.70. The number of hydrogen-bond donors (Lipinski definition) is 1. The molecule has 1 N–H and O–H groups in total. The minimum absolute atomic E-state index is 0.0421. The molecule has 1 aromatic heterocycles. The molecular weight excluding hydrogens is 328 g/mol. The highest BCUT2D eigenvalue weighted by atomic mass is 32.1. The molecule has 1 aliphatic heterocycles. The summed E-state index contributed by atoms with van der Waals surface area (Å²) in [6.07, 6.45) is 4.73. The van der Waals surface area contributed by atoms with Gasteiger partial charge in [0, 0.05) is 36.8 Å². The molecule has 2 aromatic rings. The third kappa shape index (κ3) is 3.09. The fourth-order valence-corrected chi connectivity index (χ4v) is 3.86. The van der Waals surface area contributed by atoms with Crippen LogP contribution in [0.3, 0.4) is 0 Å². The number of carbonyl (C=O) groups is 1. The Hall–Kier alpha value is -2.48. The molecule has 24 heavy (non-hydrogen) atoms. The minimum atomic E-state index is -0.421. The van der Waals surface area contributed by atoms with Crippen LogP contribution in [0.1, 0.15) is 40.7 Å². The molecule has 126 valence electrons. The Morgan fingerprint density at radius 3 is 2.96 bits per heavy atom. The SMILES string of the molecule is CNC(=O)c1ccc(N2CCCCC2c2nccs2)c([N+](=O)[O-])c1. The van der Waals surface area contributed by atoms with Gasteiger partial charge in [-0.1, -0.05) is 0 Å². The fourth-order valence-electron chi connectivity index (χ4n) is 3.07. The normalized spacial score (nSPS) is 17.5. The summed E-state index contributed by atoms with van der Waals surface area (Å²) in [6.45, 7) is 0.740. The Morgan fingerprint density at radius 2 is 2.29 bits per heavy atom. The standard InChI is InChI=1S/C16H18N4O3S/c1-17-15(21)11-5-6-12(14(10-11)20(22)23)19-8-3-2-4-13(19)16-18-7-9-24-16/h5-7,9-10,13H,2-4,8H2,1H3,(H,17,21). The molecule has 1 fully saturated rings. The van der Waals surface area contributed by atoms with Crippen LogP contribution in [0.15, 0.2) is 29.8 Å². The highest BCUT2D eigenvalue weighted by Crippen LogP contribution is 2.40. The Kier molecular flexibility index (Phi) is 4.75. The van der Waals surface area contributed by atoms with E-state index in [-0.39, 0.29) is 23.2 Å². The molecule has 0 radical (unpaired) electrons. The zero-order valence-electron chi connectivity index (χ0n) is 13.3. The van der Waals surface area contributed by atoms with Gasteiger partial charge in [-0.25, -0.2) is 4.98 Å². The van der Waals surface area contributed by atoms with Crippen molar-refractivity contribution in [2.24, 2.45) is 0 Å². The maximum atomic E-state index is 11.8. The van der Waals surface area contributed by atoms with Crippen LogP contribution in [0.2, 0.25) is 0 Å². The van der Waals surface area contributed by atoms with Gasteiger partial charge in [0.15, 0.2) is 0 Å². The summed E-state index contributed by atoms with van der Waals surface area (Å²) in [5, 5.41) is 16.9. The van der Waals surface area contributed by atoms with Crippen LogP contribution in [-0.4, -0.2) is 29.4 Å². The molecule has 1 amide bonds. The van der Waals surface area contributed by atoms with Crippen LogP contribution in [0, 0.1) is 10.1 Å². The number of nitro groups is 1. The van der Waals surface area contributed by atoms with E-state index in [1.165, 1.54) is 13.1 Å². The fraction of sp³-hybridized carbons (Fsp3) is 0.375. The summed E-state index contributed by atoms with van der Waals surface area (Å²) < 4.78 is 0. The molecule has 7 nitrogen and oxygen atoms in total. The number of aromatic nitrogens is 1. The predicted octanol–water partition coefficient (Wildman–Crippen LogP) is 3.14. The number of anilines is 1. The first kappa shape index (κ1) is 16.4. The van der Waals surface area contributed by atoms with Gasteiger partial charge >= 0.3 is 0 Å². The molecule has 0 spiro atoms. The molecule has 1 unspecified atom stereocenters. The second-order valence-electron chi connectivity index (χ2n) is 5.62. The summed E-state index contributed by atoms with van der Waals surface area (Å²) in [7, 11) is 1.51. The molecule has 1 atom stereocenters. The van der Waals surface area contributed by atoms with Crippen LogP contribution < -0.4 is 10.2 Å². The van der Waals surface area contributed by atoms with E-state index in [1.54, 1.807) is 29.7 Å². The van der Waals surface area contributed by atoms with Gasteiger partial charge in [0.25, 0.3) is 11.6 Å². The summed E-state index contributed by atoms with van der Waals surface area (Å²) in [5.41, 5.74) is 0.794. The van der Waals surface area contributed by atoms with Crippen LogP contribution in [0.4, 0.5) is 11.4 Å². The first-order valence-corrected chi connectivity index (χ1v) is 8.66. The average Bonchev–Trinajstić information content (AvgIpc) is 3.15. The largest absolute Gasteiger partial charge is 0.357 e. The van der Waals surface area contributed by atoms with Crippen LogP contribution in [0.5, 0.6) is 0 Å². The van der Waals surface area contributed by atoms with E-state index < -0.39 is 4.92 Å². The third-order valence-corrected chi connectivity index (χ3v) is 5.09. The Morgan fingerprint density at radius 1 is 1.46 bits per heavy atom. The number of carbonyl (C=O) groups excluding carboxylic acids is 1. The molecule has 0 bridgehead atoms. The topological polar surface area (TPSA) is 88.4 Å². The van der Waals surface area contributed by atoms with Gasteiger partial charge in [0.05, 0.1) is 11.0 Å². The lowest BCUT2D eigenvalue weighted by atomic mass is 10.0. The van der Waals surface area contributed by atoms with E-state index in [1.807, 2.05) is 10.3 Å². The van der Waals surface area contributed by atoms with E-state index in [2.05, 4.69) is 10.3 Å². The van der Waals surface area contributed by atoms with Gasteiger partial charge in [-0.2, -0.15) is 0 Å². The van der Waals surface area contributed by atoms with Crippen molar-refractivity contribution in [1.29, 1.82) is 0 Å². The van der Waals surface area contributed by atoms with Gasteiger partial charge < -0.3 is 10.2 Å². The van der Waals surface area contributed by atoms with Gasteiger partial charge in [-0.15, -0.1) is 11.3 Å². The van der Waals surface area contributed by atoms with Crippen molar-refractivity contribution in [1.82, 2.24) is 10.3 Å². The molecular formula is C16H18N4O3S. The lowest BCUT2D eigenvalue weighted by Gasteiger charge is -2.36. The number of nitrogens with zero attached hydrogens (tertiary/aromatic N) is 3. The minimum Gasteiger partial charge on any atom is -0.357 e. The molecule has 1 saturated heterocycles. The average molecular weight is 346 g/mol. The predicted molar refractivity (Wildman–Crippen MR) is 92.5 cm³/mol. The number of rotatable bonds is 4. The first-order valence-electron chi connectivity index (χ1n) is 7.78. The molecule has 3 rings (SSSR count). The second-order valence-corrected chi connectivity index (χ2v) is 6.54. The Labute approximate surface area is 143 Å². The van der Waals surface area contributed by atoms with E-state index >= 15 is 0 Å². The van der Waals surface area contributed by atoms with Crippen molar-refractivity contribution in [2.75, 3.05) is 18.5 Å². The Bertz CT molecular complexity index is 748. The molecule has 1 aromatic carbocycles. The number of amides is 1. The van der Waals surface area contributed by atoms with Gasteiger partial charge in [0.1, 0.15) is 10.7 Å². The lowest BCUT2D eigenvalue weighted by Crippen LogP contribution is -2.33.